The van der Waals surface area contributed by atoms with Gasteiger partial charge in [0.15, 0.2) is 23.2 Å². The van der Waals surface area contributed by atoms with Crippen LogP contribution in [0.5, 0.6) is 11.6 Å². The number of fused-ring (bicyclic) bond motifs is 1. The Morgan fingerprint density at radius 1 is 1.11 bits per heavy atom. The van der Waals surface area contributed by atoms with Crippen LogP contribution in [0.2, 0.25) is 0 Å². The van der Waals surface area contributed by atoms with Crippen molar-refractivity contribution in [3.8, 4) is 17.3 Å². The number of anilines is 3. The highest BCUT2D eigenvalue weighted by atomic mass is 19.2. The van der Waals surface area contributed by atoms with Crippen LogP contribution in [0.15, 0.2) is 43.0 Å². The number of hydrogen-bond donors (Lipinski definition) is 1. The van der Waals surface area contributed by atoms with E-state index < -0.39 is 23.5 Å². The minimum absolute atomic E-state index is 0. The monoisotopic (exact) mass is 485 g/mol. The Labute approximate surface area is 199 Å². The molecule has 9 nitrogen and oxygen atoms in total. The highest BCUT2D eigenvalue weighted by Gasteiger charge is 2.31. The van der Waals surface area contributed by atoms with Gasteiger partial charge in [-0.2, -0.15) is 9.97 Å². The molecule has 1 unspecified atom stereocenters. The number of rotatable bonds is 5. The van der Waals surface area contributed by atoms with Crippen molar-refractivity contribution in [2.24, 2.45) is 0 Å². The van der Waals surface area contributed by atoms with Crippen molar-refractivity contribution < 1.29 is 24.1 Å². The predicted octanol–water partition coefficient (Wildman–Crippen LogP) is 4.35. The van der Waals surface area contributed by atoms with E-state index in [0.717, 1.165) is 11.8 Å². The summed E-state index contributed by atoms with van der Waals surface area (Å²) in [7, 11) is 3.17. The standard InChI is InChI=1S/C23H20F3N7O2.H2/c1-12-9-33(11-28-12)17-4-5-20(29-22(17)34-3)30-23-27-8-19-21(31-23)32(2)18(10-35-19)13-6-15(25)16(26)7-14(13)24;/h4-9,11,18H,10H2,1-3H3,(H,27,29,30,31);1H. The van der Waals surface area contributed by atoms with Gasteiger partial charge in [0, 0.05) is 26.3 Å². The second-order valence-corrected chi connectivity index (χ2v) is 7.88. The minimum Gasteiger partial charge on any atom is -0.486 e. The molecule has 0 aliphatic carbocycles. The van der Waals surface area contributed by atoms with Crippen LogP contribution in [0.3, 0.4) is 0 Å². The van der Waals surface area contributed by atoms with E-state index in [4.69, 9.17) is 9.47 Å². The van der Waals surface area contributed by atoms with Crippen LogP contribution in [-0.2, 0) is 0 Å². The molecule has 1 aliphatic heterocycles. The molecule has 4 heterocycles. The molecular weight excluding hydrogens is 463 g/mol. The number of aryl methyl sites for hydroxylation is 1. The molecule has 0 fully saturated rings. The fourth-order valence-electron chi connectivity index (χ4n) is 3.81. The molecule has 12 heteroatoms. The molecule has 3 aromatic heterocycles. The number of aromatic nitrogens is 5. The molecule has 1 aliphatic rings. The third-order valence-corrected chi connectivity index (χ3v) is 5.60. The van der Waals surface area contributed by atoms with Crippen LogP contribution in [0.25, 0.3) is 5.69 Å². The summed E-state index contributed by atoms with van der Waals surface area (Å²) in [6.07, 6.45) is 4.98. The Hall–Kier alpha value is -4.35. The topological polar surface area (TPSA) is 90.2 Å². The lowest BCUT2D eigenvalue weighted by molar-refractivity contribution is 0.261. The molecule has 4 aromatic rings. The van der Waals surface area contributed by atoms with Gasteiger partial charge in [0.05, 0.1) is 31.4 Å². The SMILES string of the molecule is COc1nc(Nc2ncc3c(n2)N(C)C(c2cc(F)c(F)cc2F)CO3)ccc1-n1cnc(C)c1.[HH]. The molecule has 0 spiro atoms. The van der Waals surface area contributed by atoms with Gasteiger partial charge < -0.3 is 24.3 Å². The summed E-state index contributed by atoms with van der Waals surface area (Å²) in [4.78, 5) is 19.0. The summed E-state index contributed by atoms with van der Waals surface area (Å²) in [5.74, 6) is -1.56. The lowest BCUT2D eigenvalue weighted by Crippen LogP contribution is -2.35. The van der Waals surface area contributed by atoms with Crippen molar-refractivity contribution in [3.63, 3.8) is 0 Å². The molecule has 0 radical (unpaired) electrons. The van der Waals surface area contributed by atoms with Crippen molar-refractivity contribution in [2.75, 3.05) is 31.0 Å². The number of imidazole rings is 1. The summed E-state index contributed by atoms with van der Waals surface area (Å²) in [5, 5.41) is 3.01. The van der Waals surface area contributed by atoms with E-state index in [1.165, 1.54) is 13.3 Å². The van der Waals surface area contributed by atoms with E-state index in [2.05, 4.69) is 25.3 Å². The normalized spacial score (nSPS) is 14.9. The maximum Gasteiger partial charge on any atom is 0.240 e. The van der Waals surface area contributed by atoms with Gasteiger partial charge in [-0.1, -0.05) is 0 Å². The summed E-state index contributed by atoms with van der Waals surface area (Å²) in [6.45, 7) is 1.89. The van der Waals surface area contributed by atoms with E-state index in [9.17, 15) is 13.2 Å². The highest BCUT2D eigenvalue weighted by Crippen LogP contribution is 2.38. The Kier molecular flexibility index (Phi) is 5.63. The van der Waals surface area contributed by atoms with Crippen LogP contribution in [-0.4, -0.2) is 45.3 Å². The van der Waals surface area contributed by atoms with Gasteiger partial charge in [0.25, 0.3) is 0 Å². The predicted molar refractivity (Wildman–Crippen MR) is 123 cm³/mol. The first-order valence-electron chi connectivity index (χ1n) is 10.5. The molecule has 5 rings (SSSR count). The molecule has 0 amide bonds. The number of nitrogens with zero attached hydrogens (tertiary/aromatic N) is 6. The Morgan fingerprint density at radius 2 is 1.91 bits per heavy atom. The Morgan fingerprint density at radius 3 is 2.66 bits per heavy atom. The number of likely N-dealkylation sites (N-methyl/N-ethyl adjacent to an activating group) is 1. The number of benzene rings is 1. The highest BCUT2D eigenvalue weighted by molar-refractivity contribution is 5.60. The van der Waals surface area contributed by atoms with E-state index in [0.29, 0.717) is 35.0 Å². The molecule has 0 bridgehead atoms. The van der Waals surface area contributed by atoms with Crippen molar-refractivity contribution in [1.29, 1.82) is 0 Å². The first kappa shape index (κ1) is 22.4. The third kappa shape index (κ3) is 4.18. The first-order valence-corrected chi connectivity index (χ1v) is 10.5. The first-order chi connectivity index (χ1) is 16.8. The van der Waals surface area contributed by atoms with Crippen molar-refractivity contribution >= 4 is 17.6 Å². The number of nitrogens with one attached hydrogen (secondary N) is 1. The van der Waals surface area contributed by atoms with Crippen LogP contribution in [0, 0.1) is 24.4 Å². The number of halogens is 3. The van der Waals surface area contributed by atoms with E-state index in [1.54, 1.807) is 28.9 Å². The van der Waals surface area contributed by atoms with E-state index in [-0.39, 0.29) is 19.5 Å². The second-order valence-electron chi connectivity index (χ2n) is 7.88. The summed E-state index contributed by atoms with van der Waals surface area (Å²) >= 11 is 0. The van der Waals surface area contributed by atoms with Gasteiger partial charge in [-0.05, 0) is 25.1 Å². The van der Waals surface area contributed by atoms with Crippen LogP contribution in [0.1, 0.15) is 18.7 Å². The zero-order valence-corrected chi connectivity index (χ0v) is 19.0. The maximum absolute atomic E-state index is 14.4. The van der Waals surface area contributed by atoms with Crippen LogP contribution < -0.4 is 19.7 Å². The van der Waals surface area contributed by atoms with Crippen molar-refractivity contribution in [2.45, 2.75) is 13.0 Å². The van der Waals surface area contributed by atoms with Gasteiger partial charge in [-0.3, -0.25) is 0 Å². The molecule has 0 saturated heterocycles. The number of pyridine rings is 1. The minimum atomic E-state index is -1.25. The fraction of sp³-hybridized carbons (Fsp3) is 0.217. The lowest BCUT2D eigenvalue weighted by atomic mass is 10.0. The molecule has 0 saturated carbocycles. The third-order valence-electron chi connectivity index (χ3n) is 5.60. The molecule has 35 heavy (non-hydrogen) atoms. The summed E-state index contributed by atoms with van der Waals surface area (Å²) in [5.41, 5.74) is 1.51. The van der Waals surface area contributed by atoms with Crippen molar-refractivity contribution in [3.05, 3.63) is 71.7 Å². The maximum atomic E-state index is 14.4. The number of ether oxygens (including phenoxy) is 2. The molecular formula is C23H22F3N7O2. The average molecular weight is 485 g/mol. The van der Waals surface area contributed by atoms with Crippen LogP contribution >= 0.6 is 0 Å². The van der Waals surface area contributed by atoms with Crippen molar-refractivity contribution in [1.82, 2.24) is 24.5 Å². The largest absolute Gasteiger partial charge is 0.486 e. The Balaban J connectivity index is 0.00000304. The van der Waals surface area contributed by atoms with Gasteiger partial charge in [0.1, 0.15) is 23.9 Å². The zero-order valence-electron chi connectivity index (χ0n) is 19.0. The number of methoxy groups -OCH3 is 1. The molecule has 182 valence electrons. The van der Waals surface area contributed by atoms with E-state index in [1.807, 2.05) is 19.2 Å². The van der Waals surface area contributed by atoms with Gasteiger partial charge >= 0.3 is 0 Å². The molecule has 1 N–H and O–H groups in total. The second kappa shape index (κ2) is 8.78. The van der Waals surface area contributed by atoms with E-state index >= 15 is 0 Å². The zero-order chi connectivity index (χ0) is 24.7. The molecule has 1 aromatic carbocycles. The lowest BCUT2D eigenvalue weighted by Gasteiger charge is -2.35. The fourth-order valence-corrected chi connectivity index (χ4v) is 3.81. The summed E-state index contributed by atoms with van der Waals surface area (Å²) in [6, 6.07) is 4.17. The Bertz CT molecular complexity index is 1420. The smallest absolute Gasteiger partial charge is 0.240 e. The van der Waals surface area contributed by atoms with Gasteiger partial charge in [0.2, 0.25) is 11.8 Å². The quantitative estimate of drug-likeness (QED) is 0.418. The average Bonchev–Trinajstić information content (AvgIpc) is 3.28. The van der Waals surface area contributed by atoms with Crippen LogP contribution in [0.4, 0.5) is 30.8 Å². The number of hydrogen-bond acceptors (Lipinski definition) is 8. The molecule has 1 atom stereocenters. The van der Waals surface area contributed by atoms with Gasteiger partial charge in [-0.15, -0.1) is 0 Å². The summed E-state index contributed by atoms with van der Waals surface area (Å²) < 4.78 is 54.5. The van der Waals surface area contributed by atoms with Gasteiger partial charge in [-0.25, -0.2) is 23.1 Å².